The molecule has 0 saturated carbocycles. The summed E-state index contributed by atoms with van der Waals surface area (Å²) in [6, 6.07) is 10.3. The van der Waals surface area contributed by atoms with Crippen LogP contribution in [0.2, 0.25) is 0 Å². The van der Waals surface area contributed by atoms with Crippen LogP contribution in [0.3, 0.4) is 0 Å². The van der Waals surface area contributed by atoms with Gasteiger partial charge in [-0.05, 0) is 38.5 Å². The summed E-state index contributed by atoms with van der Waals surface area (Å²) in [5, 5.41) is 3.01. The molecule has 2 unspecified atom stereocenters. The van der Waals surface area contributed by atoms with E-state index in [-0.39, 0.29) is 18.1 Å². The SMILES string of the molecule is Cc1ccc(NC(=O)N2C3CC2CN(c2ccnc(C)n2)C3)cc1. The van der Waals surface area contributed by atoms with Crippen LogP contribution in [-0.4, -0.2) is 46.1 Å². The maximum absolute atomic E-state index is 12.6. The molecule has 124 valence electrons. The molecule has 2 amide bonds. The molecule has 2 atom stereocenters. The molecule has 6 heteroatoms. The molecule has 5 rings (SSSR count). The number of rotatable bonds is 2. The van der Waals surface area contributed by atoms with E-state index in [0.717, 1.165) is 36.8 Å². The maximum atomic E-state index is 12.6. The lowest BCUT2D eigenvalue weighted by Gasteiger charge is -2.56. The summed E-state index contributed by atoms with van der Waals surface area (Å²) >= 11 is 0. The summed E-state index contributed by atoms with van der Waals surface area (Å²) < 4.78 is 0. The normalized spacial score (nSPS) is 22.1. The van der Waals surface area contributed by atoms with Crippen molar-refractivity contribution in [3.63, 3.8) is 0 Å². The minimum absolute atomic E-state index is 0.00128. The van der Waals surface area contributed by atoms with E-state index in [9.17, 15) is 4.79 Å². The Labute approximate surface area is 141 Å². The van der Waals surface area contributed by atoms with E-state index >= 15 is 0 Å². The molecule has 2 bridgehead atoms. The lowest BCUT2D eigenvalue weighted by molar-refractivity contribution is 0.0436. The van der Waals surface area contributed by atoms with Crippen molar-refractivity contribution >= 4 is 17.5 Å². The highest BCUT2D eigenvalue weighted by Crippen LogP contribution is 2.34. The zero-order chi connectivity index (χ0) is 16.7. The summed E-state index contributed by atoms with van der Waals surface area (Å²) in [4.78, 5) is 25.4. The number of nitrogens with one attached hydrogen (secondary N) is 1. The number of carbonyl (C=O) groups excluding carboxylic acids is 1. The lowest BCUT2D eigenvalue weighted by atomic mass is 9.88. The first-order valence-corrected chi connectivity index (χ1v) is 8.31. The number of amides is 2. The number of hydrogen-bond acceptors (Lipinski definition) is 4. The highest BCUT2D eigenvalue weighted by molar-refractivity contribution is 5.90. The Balaban J connectivity index is 1.41. The van der Waals surface area contributed by atoms with Crippen LogP contribution >= 0.6 is 0 Å². The number of hydrogen-bond donors (Lipinski definition) is 1. The van der Waals surface area contributed by atoms with Gasteiger partial charge in [-0.15, -0.1) is 0 Å². The summed E-state index contributed by atoms with van der Waals surface area (Å²) in [6.07, 6.45) is 2.86. The predicted octanol–water partition coefficient (Wildman–Crippen LogP) is 2.59. The van der Waals surface area contributed by atoms with Crippen LogP contribution in [0.25, 0.3) is 0 Å². The zero-order valence-corrected chi connectivity index (χ0v) is 13.9. The number of piperazine rings is 1. The Morgan fingerprint density at radius 1 is 1.12 bits per heavy atom. The molecule has 0 spiro atoms. The predicted molar refractivity (Wildman–Crippen MR) is 93.2 cm³/mol. The van der Waals surface area contributed by atoms with Crippen molar-refractivity contribution in [1.82, 2.24) is 14.9 Å². The van der Waals surface area contributed by atoms with Crippen LogP contribution in [0.5, 0.6) is 0 Å². The second kappa shape index (κ2) is 5.78. The van der Waals surface area contributed by atoms with Crippen LogP contribution in [0.4, 0.5) is 16.3 Å². The molecule has 24 heavy (non-hydrogen) atoms. The van der Waals surface area contributed by atoms with Crippen LogP contribution in [0.15, 0.2) is 36.5 Å². The van der Waals surface area contributed by atoms with Gasteiger partial charge >= 0.3 is 6.03 Å². The van der Waals surface area contributed by atoms with Gasteiger partial charge in [0.25, 0.3) is 0 Å². The fraction of sp³-hybridized carbons (Fsp3) is 0.389. The van der Waals surface area contributed by atoms with E-state index in [1.807, 2.05) is 49.1 Å². The third-order valence-corrected chi connectivity index (χ3v) is 4.82. The number of carbonyl (C=O) groups is 1. The first-order chi connectivity index (χ1) is 11.6. The number of benzene rings is 1. The third kappa shape index (κ3) is 2.68. The van der Waals surface area contributed by atoms with Crippen molar-refractivity contribution in [3.8, 4) is 0 Å². The van der Waals surface area contributed by atoms with Crippen molar-refractivity contribution in [2.24, 2.45) is 0 Å². The van der Waals surface area contributed by atoms with Gasteiger partial charge in [0.15, 0.2) is 0 Å². The van der Waals surface area contributed by atoms with Crippen LogP contribution in [-0.2, 0) is 0 Å². The number of nitrogens with zero attached hydrogens (tertiary/aromatic N) is 4. The van der Waals surface area contributed by atoms with Crippen molar-refractivity contribution in [1.29, 1.82) is 0 Å². The van der Waals surface area contributed by atoms with E-state index in [1.165, 1.54) is 5.56 Å². The van der Waals surface area contributed by atoms with Crippen molar-refractivity contribution in [3.05, 3.63) is 47.9 Å². The van der Waals surface area contributed by atoms with E-state index in [2.05, 4.69) is 20.2 Å². The Kier molecular flexibility index (Phi) is 3.59. The van der Waals surface area contributed by atoms with Gasteiger partial charge in [-0.3, -0.25) is 0 Å². The number of anilines is 2. The summed E-state index contributed by atoms with van der Waals surface area (Å²) in [5.74, 6) is 1.73. The van der Waals surface area contributed by atoms with E-state index in [0.29, 0.717) is 0 Å². The number of aryl methyl sites for hydroxylation is 2. The van der Waals surface area contributed by atoms with Crippen molar-refractivity contribution in [2.75, 3.05) is 23.3 Å². The average Bonchev–Trinajstić information content (AvgIpc) is 2.57. The Morgan fingerprint density at radius 2 is 1.83 bits per heavy atom. The number of aromatic nitrogens is 2. The van der Waals surface area contributed by atoms with Gasteiger partial charge in [0, 0.05) is 25.0 Å². The first-order valence-electron chi connectivity index (χ1n) is 8.31. The smallest absolute Gasteiger partial charge is 0.322 e. The van der Waals surface area contributed by atoms with Crippen molar-refractivity contribution in [2.45, 2.75) is 32.4 Å². The molecule has 1 aromatic carbocycles. The minimum Gasteiger partial charge on any atom is -0.352 e. The molecular weight excluding hydrogens is 302 g/mol. The van der Waals surface area contributed by atoms with Crippen LogP contribution in [0, 0.1) is 13.8 Å². The Bertz CT molecular complexity index is 748. The molecule has 0 radical (unpaired) electrons. The maximum Gasteiger partial charge on any atom is 0.322 e. The molecule has 1 aromatic heterocycles. The largest absolute Gasteiger partial charge is 0.352 e. The number of fused-ring (bicyclic) bond motifs is 2. The summed E-state index contributed by atoms with van der Waals surface area (Å²) in [5.41, 5.74) is 2.03. The highest BCUT2D eigenvalue weighted by Gasteiger charge is 2.47. The fourth-order valence-electron chi connectivity index (χ4n) is 3.57. The molecule has 3 aliphatic rings. The number of urea groups is 1. The molecule has 4 heterocycles. The van der Waals surface area contributed by atoms with Gasteiger partial charge in [-0.25, -0.2) is 14.8 Å². The quantitative estimate of drug-likeness (QED) is 0.923. The summed E-state index contributed by atoms with van der Waals surface area (Å²) in [6.45, 7) is 5.59. The molecule has 0 aliphatic carbocycles. The monoisotopic (exact) mass is 323 g/mol. The van der Waals surface area contributed by atoms with E-state index < -0.39 is 0 Å². The molecule has 6 nitrogen and oxygen atoms in total. The van der Waals surface area contributed by atoms with Gasteiger partial charge in [-0.2, -0.15) is 0 Å². The second-order valence-corrected chi connectivity index (χ2v) is 6.61. The minimum atomic E-state index is -0.00128. The fourth-order valence-corrected chi connectivity index (χ4v) is 3.57. The molecule has 1 N–H and O–H groups in total. The van der Waals surface area contributed by atoms with Gasteiger partial charge in [-0.1, -0.05) is 17.7 Å². The van der Waals surface area contributed by atoms with E-state index in [1.54, 1.807) is 6.20 Å². The average molecular weight is 323 g/mol. The molecule has 2 aromatic rings. The van der Waals surface area contributed by atoms with Gasteiger partial charge in [0.05, 0.1) is 12.1 Å². The molecule has 3 saturated heterocycles. The van der Waals surface area contributed by atoms with Gasteiger partial charge < -0.3 is 15.1 Å². The second-order valence-electron chi connectivity index (χ2n) is 6.61. The zero-order valence-electron chi connectivity index (χ0n) is 13.9. The third-order valence-electron chi connectivity index (χ3n) is 4.82. The van der Waals surface area contributed by atoms with Crippen molar-refractivity contribution < 1.29 is 4.79 Å². The van der Waals surface area contributed by atoms with Gasteiger partial charge in [0.2, 0.25) is 0 Å². The number of piperidine rings is 1. The molecule has 3 fully saturated rings. The Hall–Kier alpha value is -2.63. The van der Waals surface area contributed by atoms with Crippen LogP contribution in [0.1, 0.15) is 17.8 Å². The lowest BCUT2D eigenvalue weighted by Crippen LogP contribution is -2.71. The highest BCUT2D eigenvalue weighted by atomic mass is 16.2. The summed E-state index contributed by atoms with van der Waals surface area (Å²) in [7, 11) is 0. The Morgan fingerprint density at radius 3 is 2.50 bits per heavy atom. The standard InChI is InChI=1S/C18H21N5O/c1-12-3-5-14(6-4-12)21-18(24)23-15-9-16(23)11-22(10-15)17-7-8-19-13(2)20-17/h3-8,15-16H,9-11H2,1-2H3,(H,21,24). The van der Waals surface area contributed by atoms with E-state index in [4.69, 9.17) is 0 Å². The van der Waals surface area contributed by atoms with Gasteiger partial charge in [0.1, 0.15) is 11.6 Å². The topological polar surface area (TPSA) is 61.4 Å². The van der Waals surface area contributed by atoms with Crippen LogP contribution < -0.4 is 10.2 Å². The molecule has 3 aliphatic heterocycles. The molecular formula is C18H21N5O. The first kappa shape index (κ1) is 14.9.